The number of benzene rings is 1. The van der Waals surface area contributed by atoms with Gasteiger partial charge in [0.05, 0.1) is 16.1 Å². The van der Waals surface area contributed by atoms with Gasteiger partial charge in [0.15, 0.2) is 0 Å². The zero-order chi connectivity index (χ0) is 18.5. The Labute approximate surface area is 160 Å². The maximum absolute atomic E-state index is 12.6. The minimum absolute atomic E-state index is 0.0677. The summed E-state index contributed by atoms with van der Waals surface area (Å²) < 4.78 is 0. The van der Waals surface area contributed by atoms with E-state index >= 15 is 0 Å². The average molecular weight is 386 g/mol. The maximum atomic E-state index is 12.6. The van der Waals surface area contributed by atoms with Gasteiger partial charge in [-0.25, -0.2) is 4.98 Å². The average Bonchev–Trinajstić information content (AvgIpc) is 3.33. The molecular formula is C19H19N3O2S2. The lowest BCUT2D eigenvalue weighted by Crippen LogP contribution is -2.32. The van der Waals surface area contributed by atoms with E-state index in [0.717, 1.165) is 16.3 Å². The van der Waals surface area contributed by atoms with Crippen molar-refractivity contribution in [2.24, 2.45) is 0 Å². The van der Waals surface area contributed by atoms with E-state index in [4.69, 9.17) is 0 Å². The predicted octanol–water partition coefficient (Wildman–Crippen LogP) is 4.65. The van der Waals surface area contributed by atoms with E-state index in [0.29, 0.717) is 16.9 Å². The molecule has 3 rings (SSSR count). The fourth-order valence-electron chi connectivity index (χ4n) is 2.27. The highest BCUT2D eigenvalue weighted by atomic mass is 32.1. The van der Waals surface area contributed by atoms with Gasteiger partial charge in [0.2, 0.25) is 0 Å². The van der Waals surface area contributed by atoms with Crippen molar-refractivity contribution in [2.45, 2.75) is 26.3 Å². The van der Waals surface area contributed by atoms with Gasteiger partial charge in [-0.3, -0.25) is 9.59 Å². The number of para-hydroxylation sites is 1. The molecular weight excluding hydrogens is 366 g/mol. The number of hydrogen-bond donors (Lipinski definition) is 2. The number of rotatable bonds is 6. The molecule has 7 heteroatoms. The van der Waals surface area contributed by atoms with Crippen LogP contribution in [0.5, 0.6) is 0 Å². The number of nitrogens with one attached hydrogen (secondary N) is 2. The van der Waals surface area contributed by atoms with Crippen molar-refractivity contribution in [3.8, 4) is 9.88 Å². The monoisotopic (exact) mass is 385 g/mol. The lowest BCUT2D eigenvalue weighted by molar-refractivity contribution is 0.0940. The second-order valence-corrected chi connectivity index (χ2v) is 7.60. The van der Waals surface area contributed by atoms with Crippen molar-refractivity contribution >= 4 is 40.2 Å². The Balaban J connectivity index is 1.77. The van der Waals surface area contributed by atoms with Gasteiger partial charge in [-0.05, 0) is 36.9 Å². The van der Waals surface area contributed by atoms with Crippen molar-refractivity contribution < 1.29 is 9.59 Å². The van der Waals surface area contributed by atoms with Crippen molar-refractivity contribution in [3.05, 3.63) is 58.4 Å². The summed E-state index contributed by atoms with van der Waals surface area (Å²) in [7, 11) is 0. The highest BCUT2D eigenvalue weighted by molar-refractivity contribution is 7.20. The van der Waals surface area contributed by atoms with Crippen LogP contribution in [0.4, 0.5) is 5.69 Å². The van der Waals surface area contributed by atoms with Gasteiger partial charge in [0.25, 0.3) is 11.8 Å². The first-order valence-corrected chi connectivity index (χ1v) is 10.0. The quantitative estimate of drug-likeness (QED) is 0.649. The summed E-state index contributed by atoms with van der Waals surface area (Å²) in [4.78, 5) is 30.4. The summed E-state index contributed by atoms with van der Waals surface area (Å²) in [5.74, 6) is -0.527. The molecule has 5 nitrogen and oxygen atoms in total. The van der Waals surface area contributed by atoms with E-state index in [2.05, 4.69) is 15.6 Å². The molecule has 1 atom stereocenters. The molecule has 0 aliphatic rings. The van der Waals surface area contributed by atoms with Crippen molar-refractivity contribution in [2.75, 3.05) is 5.32 Å². The molecule has 3 aromatic rings. The fraction of sp³-hybridized carbons (Fsp3) is 0.211. The van der Waals surface area contributed by atoms with Crippen LogP contribution in [-0.4, -0.2) is 22.8 Å². The Morgan fingerprint density at radius 1 is 1.12 bits per heavy atom. The lowest BCUT2D eigenvalue weighted by Gasteiger charge is -2.14. The standard InChI is InChI=1S/C19H19N3O2S2/c1-3-12(2)20-17(23)13-7-4-5-8-14(13)21-18(24)15-11-26-19(22-15)16-9-6-10-25-16/h4-12H,3H2,1-2H3,(H,20,23)(H,21,24). The number of thiophene rings is 1. The summed E-state index contributed by atoms with van der Waals surface area (Å²) in [5, 5.41) is 10.2. The Hall–Kier alpha value is -2.51. The van der Waals surface area contributed by atoms with Crippen LogP contribution in [0.25, 0.3) is 9.88 Å². The Morgan fingerprint density at radius 2 is 1.92 bits per heavy atom. The molecule has 0 saturated heterocycles. The number of amides is 2. The summed E-state index contributed by atoms with van der Waals surface area (Å²) in [6.45, 7) is 3.95. The molecule has 0 spiro atoms. The van der Waals surface area contributed by atoms with E-state index < -0.39 is 0 Å². The maximum Gasteiger partial charge on any atom is 0.275 e. The molecule has 0 radical (unpaired) electrons. The number of hydrogen-bond acceptors (Lipinski definition) is 5. The Morgan fingerprint density at radius 3 is 2.65 bits per heavy atom. The number of carbonyl (C=O) groups excluding carboxylic acids is 2. The molecule has 0 aliphatic heterocycles. The molecule has 0 fully saturated rings. The first-order valence-electron chi connectivity index (χ1n) is 8.29. The van der Waals surface area contributed by atoms with Gasteiger partial charge in [0.1, 0.15) is 10.7 Å². The number of anilines is 1. The van der Waals surface area contributed by atoms with Crippen LogP contribution in [0.15, 0.2) is 47.2 Å². The Bertz CT molecular complexity index is 903. The van der Waals surface area contributed by atoms with Crippen molar-refractivity contribution in [3.63, 3.8) is 0 Å². The molecule has 2 heterocycles. The third-order valence-electron chi connectivity index (χ3n) is 3.88. The van der Waals surface area contributed by atoms with Gasteiger partial charge in [-0.1, -0.05) is 25.1 Å². The first-order chi connectivity index (χ1) is 12.6. The molecule has 1 aromatic carbocycles. The van der Waals surface area contributed by atoms with E-state index in [1.54, 1.807) is 41.0 Å². The number of thiazole rings is 1. The molecule has 0 bridgehead atoms. The number of carbonyl (C=O) groups is 2. The molecule has 2 N–H and O–H groups in total. The van der Waals surface area contributed by atoms with Crippen LogP contribution in [0.1, 0.15) is 41.1 Å². The molecule has 0 aliphatic carbocycles. The normalized spacial score (nSPS) is 11.8. The van der Waals surface area contributed by atoms with Gasteiger partial charge >= 0.3 is 0 Å². The van der Waals surface area contributed by atoms with Gasteiger partial charge in [-0.2, -0.15) is 0 Å². The topological polar surface area (TPSA) is 71.1 Å². The van der Waals surface area contributed by atoms with Gasteiger partial charge in [0, 0.05) is 11.4 Å². The van der Waals surface area contributed by atoms with Gasteiger partial charge in [-0.15, -0.1) is 22.7 Å². The molecule has 2 aromatic heterocycles. The van der Waals surface area contributed by atoms with Crippen molar-refractivity contribution in [1.82, 2.24) is 10.3 Å². The summed E-state index contributed by atoms with van der Waals surface area (Å²) >= 11 is 3.01. The zero-order valence-electron chi connectivity index (χ0n) is 14.5. The van der Waals surface area contributed by atoms with E-state index in [1.165, 1.54) is 11.3 Å². The minimum atomic E-state index is -0.326. The van der Waals surface area contributed by atoms with Crippen LogP contribution in [0, 0.1) is 0 Å². The third kappa shape index (κ3) is 4.17. The Kier molecular flexibility index (Phi) is 5.80. The number of aromatic nitrogens is 1. The SMILES string of the molecule is CCC(C)NC(=O)c1ccccc1NC(=O)c1csc(-c2cccs2)n1. The second kappa shape index (κ2) is 8.25. The molecule has 134 valence electrons. The largest absolute Gasteiger partial charge is 0.350 e. The van der Waals surface area contributed by atoms with E-state index in [1.807, 2.05) is 31.4 Å². The van der Waals surface area contributed by atoms with E-state index in [-0.39, 0.29) is 17.9 Å². The third-order valence-corrected chi connectivity index (χ3v) is 5.76. The summed E-state index contributed by atoms with van der Waals surface area (Å²) in [5.41, 5.74) is 1.26. The first kappa shape index (κ1) is 18.3. The smallest absolute Gasteiger partial charge is 0.275 e. The van der Waals surface area contributed by atoms with Crippen LogP contribution >= 0.6 is 22.7 Å². The van der Waals surface area contributed by atoms with Crippen LogP contribution in [0.2, 0.25) is 0 Å². The van der Waals surface area contributed by atoms with E-state index in [9.17, 15) is 9.59 Å². The number of nitrogens with zero attached hydrogens (tertiary/aromatic N) is 1. The van der Waals surface area contributed by atoms with Crippen LogP contribution < -0.4 is 10.6 Å². The zero-order valence-corrected chi connectivity index (χ0v) is 16.1. The highest BCUT2D eigenvalue weighted by Gasteiger charge is 2.17. The molecule has 2 amide bonds. The lowest BCUT2D eigenvalue weighted by atomic mass is 10.1. The van der Waals surface area contributed by atoms with Gasteiger partial charge < -0.3 is 10.6 Å². The highest BCUT2D eigenvalue weighted by Crippen LogP contribution is 2.28. The molecule has 0 saturated carbocycles. The summed E-state index contributed by atoms with van der Waals surface area (Å²) in [6.07, 6.45) is 0.838. The minimum Gasteiger partial charge on any atom is -0.350 e. The predicted molar refractivity (Wildman–Crippen MR) is 107 cm³/mol. The summed E-state index contributed by atoms with van der Waals surface area (Å²) in [6, 6.07) is 11.0. The van der Waals surface area contributed by atoms with Crippen molar-refractivity contribution in [1.29, 1.82) is 0 Å². The van der Waals surface area contributed by atoms with Crippen LogP contribution in [-0.2, 0) is 0 Å². The van der Waals surface area contributed by atoms with Crippen LogP contribution in [0.3, 0.4) is 0 Å². The molecule has 26 heavy (non-hydrogen) atoms. The molecule has 1 unspecified atom stereocenters. The second-order valence-electron chi connectivity index (χ2n) is 5.80. The fourth-order valence-corrected chi connectivity index (χ4v) is 3.89.